The number of hydrogen-bond acceptors (Lipinski definition) is 1. The normalized spacial score (nSPS) is 10.7. The second kappa shape index (κ2) is 11.0. The van der Waals surface area contributed by atoms with Crippen molar-refractivity contribution in [3.63, 3.8) is 0 Å². The highest BCUT2D eigenvalue weighted by atomic mass is 14.8. The monoisotopic (exact) mass is 295 g/mol. The fourth-order valence-corrected chi connectivity index (χ4v) is 2.76. The molecule has 0 amide bonds. The third-order valence-electron chi connectivity index (χ3n) is 4.08. The molecule has 0 bridgehead atoms. The Bertz CT molecular complexity index is 430. The summed E-state index contributed by atoms with van der Waals surface area (Å²) in [4.78, 5) is 0. The van der Waals surface area contributed by atoms with Crippen molar-refractivity contribution in [2.75, 3.05) is 6.54 Å². The van der Waals surface area contributed by atoms with E-state index in [1.165, 1.54) is 56.1 Å². The Labute approximate surface area is 135 Å². The van der Waals surface area contributed by atoms with Crippen LogP contribution >= 0.6 is 0 Å². The molecule has 2 aromatic rings. The lowest BCUT2D eigenvalue weighted by Gasteiger charge is -2.05. The Morgan fingerprint density at radius 1 is 0.545 bits per heavy atom. The molecule has 118 valence electrons. The van der Waals surface area contributed by atoms with Gasteiger partial charge >= 0.3 is 0 Å². The highest BCUT2D eigenvalue weighted by Crippen LogP contribution is 2.09. The third kappa shape index (κ3) is 7.42. The van der Waals surface area contributed by atoms with E-state index in [9.17, 15) is 0 Å². The minimum absolute atomic E-state index is 0.998. The molecule has 0 heterocycles. The van der Waals surface area contributed by atoms with Crippen molar-refractivity contribution in [3.8, 4) is 0 Å². The van der Waals surface area contributed by atoms with E-state index in [1.807, 2.05) is 0 Å². The van der Waals surface area contributed by atoms with Gasteiger partial charge in [-0.05, 0) is 36.9 Å². The minimum Gasteiger partial charge on any atom is -0.313 e. The van der Waals surface area contributed by atoms with Crippen molar-refractivity contribution < 1.29 is 0 Å². The topological polar surface area (TPSA) is 12.0 Å². The predicted octanol–water partition coefficient (Wildman–Crippen LogP) is 5.36. The van der Waals surface area contributed by atoms with Gasteiger partial charge in [0.2, 0.25) is 0 Å². The fraction of sp³-hybridized carbons (Fsp3) is 0.429. The maximum Gasteiger partial charge on any atom is 0.0205 e. The Kier molecular flexibility index (Phi) is 8.41. The van der Waals surface area contributed by atoms with Crippen LogP contribution in [0.4, 0.5) is 0 Å². The van der Waals surface area contributed by atoms with E-state index in [2.05, 4.69) is 66.0 Å². The third-order valence-corrected chi connectivity index (χ3v) is 4.08. The van der Waals surface area contributed by atoms with Gasteiger partial charge in [-0.15, -0.1) is 0 Å². The first kappa shape index (κ1) is 16.8. The molecule has 2 rings (SSSR count). The fourth-order valence-electron chi connectivity index (χ4n) is 2.76. The van der Waals surface area contributed by atoms with Crippen LogP contribution in [0.15, 0.2) is 60.7 Å². The van der Waals surface area contributed by atoms with E-state index in [4.69, 9.17) is 0 Å². The van der Waals surface area contributed by atoms with Gasteiger partial charge in [0.1, 0.15) is 0 Å². The summed E-state index contributed by atoms with van der Waals surface area (Å²) in [5, 5.41) is 3.53. The molecule has 1 N–H and O–H groups in total. The van der Waals surface area contributed by atoms with Crippen LogP contribution in [0.2, 0.25) is 0 Å². The zero-order valence-electron chi connectivity index (χ0n) is 13.6. The summed E-state index contributed by atoms with van der Waals surface area (Å²) in [6.45, 7) is 2.14. The van der Waals surface area contributed by atoms with Crippen LogP contribution in [0, 0.1) is 0 Å². The molecular weight excluding hydrogens is 266 g/mol. The second-order valence-electron chi connectivity index (χ2n) is 6.02. The molecule has 2 aromatic carbocycles. The van der Waals surface area contributed by atoms with Crippen molar-refractivity contribution in [2.24, 2.45) is 0 Å². The zero-order valence-corrected chi connectivity index (χ0v) is 13.6. The van der Waals surface area contributed by atoms with E-state index < -0.39 is 0 Å². The van der Waals surface area contributed by atoms with Gasteiger partial charge < -0.3 is 5.32 Å². The lowest BCUT2D eigenvalue weighted by atomic mass is 10.1. The van der Waals surface area contributed by atoms with E-state index in [0.29, 0.717) is 0 Å². The van der Waals surface area contributed by atoms with Crippen LogP contribution in [0.25, 0.3) is 0 Å². The summed E-state index contributed by atoms with van der Waals surface area (Å²) in [7, 11) is 0. The Morgan fingerprint density at radius 3 is 1.77 bits per heavy atom. The maximum absolute atomic E-state index is 3.53. The number of hydrogen-bond donors (Lipinski definition) is 1. The van der Waals surface area contributed by atoms with Gasteiger partial charge in [-0.3, -0.25) is 0 Å². The number of benzene rings is 2. The average molecular weight is 295 g/mol. The molecule has 0 aliphatic carbocycles. The lowest BCUT2D eigenvalue weighted by molar-refractivity contribution is 0.565. The highest BCUT2D eigenvalue weighted by Gasteiger charge is 1.94. The van der Waals surface area contributed by atoms with Crippen molar-refractivity contribution in [3.05, 3.63) is 71.8 Å². The predicted molar refractivity (Wildman–Crippen MR) is 96.0 cm³/mol. The van der Waals surface area contributed by atoms with Gasteiger partial charge in [0.25, 0.3) is 0 Å². The quantitative estimate of drug-likeness (QED) is 0.550. The number of nitrogens with one attached hydrogen (secondary N) is 1. The molecule has 0 radical (unpaired) electrons. The van der Waals surface area contributed by atoms with Crippen molar-refractivity contribution in [2.45, 2.75) is 51.5 Å². The molecule has 0 spiro atoms. The largest absolute Gasteiger partial charge is 0.313 e. The van der Waals surface area contributed by atoms with Gasteiger partial charge in [0, 0.05) is 6.54 Å². The molecule has 0 saturated heterocycles. The Morgan fingerprint density at radius 2 is 1.09 bits per heavy atom. The molecule has 1 nitrogen and oxygen atoms in total. The molecular formula is C21H29N. The van der Waals surface area contributed by atoms with Gasteiger partial charge in [0.15, 0.2) is 0 Å². The average Bonchev–Trinajstić information content (AvgIpc) is 2.58. The standard InChI is InChI=1S/C21H29N/c1(3-7-13-20-14-8-5-9-15-20)2-4-12-18-22-19-21-16-10-6-11-17-21/h5-6,8-11,14-17,22H,1-4,7,12-13,18-19H2. The Balaban J connectivity index is 1.37. The van der Waals surface area contributed by atoms with Crippen LogP contribution in [0.5, 0.6) is 0 Å². The summed E-state index contributed by atoms with van der Waals surface area (Å²) < 4.78 is 0. The first-order valence-corrected chi connectivity index (χ1v) is 8.74. The van der Waals surface area contributed by atoms with Gasteiger partial charge in [-0.25, -0.2) is 0 Å². The van der Waals surface area contributed by atoms with Crippen LogP contribution < -0.4 is 5.32 Å². The number of unbranched alkanes of at least 4 members (excludes halogenated alkanes) is 5. The molecule has 22 heavy (non-hydrogen) atoms. The van der Waals surface area contributed by atoms with Gasteiger partial charge in [-0.2, -0.15) is 0 Å². The molecule has 1 heteroatoms. The smallest absolute Gasteiger partial charge is 0.0205 e. The Hall–Kier alpha value is -1.60. The molecule has 0 atom stereocenters. The second-order valence-corrected chi connectivity index (χ2v) is 6.02. The summed E-state index contributed by atoms with van der Waals surface area (Å²) in [5.41, 5.74) is 2.86. The van der Waals surface area contributed by atoms with Crippen molar-refractivity contribution in [1.82, 2.24) is 5.32 Å². The first-order chi connectivity index (χ1) is 10.9. The molecule has 0 aliphatic rings. The molecule has 0 fully saturated rings. The summed E-state index contributed by atoms with van der Waals surface area (Å²) >= 11 is 0. The number of rotatable bonds is 11. The number of aryl methyl sites for hydroxylation is 1. The zero-order chi connectivity index (χ0) is 15.3. The van der Waals surface area contributed by atoms with E-state index in [1.54, 1.807) is 0 Å². The summed E-state index contributed by atoms with van der Waals surface area (Å²) in [5.74, 6) is 0. The van der Waals surface area contributed by atoms with Crippen LogP contribution in [0.1, 0.15) is 49.7 Å². The molecule has 0 aliphatic heterocycles. The lowest BCUT2D eigenvalue weighted by Crippen LogP contribution is -2.14. The SMILES string of the molecule is c1ccc(CCCCCCCCNCc2ccccc2)cc1. The van der Waals surface area contributed by atoms with Crippen molar-refractivity contribution in [1.29, 1.82) is 0 Å². The van der Waals surface area contributed by atoms with Gasteiger partial charge in [-0.1, -0.05) is 86.3 Å². The van der Waals surface area contributed by atoms with Crippen LogP contribution in [0.3, 0.4) is 0 Å². The molecule has 0 unspecified atom stereocenters. The first-order valence-electron chi connectivity index (χ1n) is 8.74. The maximum atomic E-state index is 3.53. The van der Waals surface area contributed by atoms with E-state index in [0.717, 1.165) is 13.1 Å². The highest BCUT2D eigenvalue weighted by molar-refractivity contribution is 5.15. The summed E-state index contributed by atoms with van der Waals surface area (Å²) in [6, 6.07) is 21.5. The van der Waals surface area contributed by atoms with Crippen LogP contribution in [-0.4, -0.2) is 6.54 Å². The minimum atomic E-state index is 0.998. The van der Waals surface area contributed by atoms with E-state index in [-0.39, 0.29) is 0 Å². The van der Waals surface area contributed by atoms with Gasteiger partial charge in [0.05, 0.1) is 0 Å². The van der Waals surface area contributed by atoms with Crippen molar-refractivity contribution >= 4 is 0 Å². The summed E-state index contributed by atoms with van der Waals surface area (Å²) in [6.07, 6.45) is 9.34. The molecule has 0 saturated carbocycles. The molecule has 0 aromatic heterocycles. The van der Waals surface area contributed by atoms with E-state index >= 15 is 0 Å². The van der Waals surface area contributed by atoms with Crippen LogP contribution in [-0.2, 0) is 13.0 Å².